The molecule has 2 rings (SSSR count). The molecule has 0 saturated carbocycles. The summed E-state index contributed by atoms with van der Waals surface area (Å²) in [5.74, 6) is 0.00153. The van der Waals surface area contributed by atoms with Crippen LogP contribution in [0.15, 0.2) is 29.6 Å². The molecule has 0 spiro atoms. The van der Waals surface area contributed by atoms with Crippen molar-refractivity contribution in [2.75, 3.05) is 14.1 Å². The van der Waals surface area contributed by atoms with E-state index in [-0.39, 0.29) is 11.9 Å². The number of aromatic nitrogens is 1. The van der Waals surface area contributed by atoms with E-state index in [0.717, 1.165) is 28.2 Å². The summed E-state index contributed by atoms with van der Waals surface area (Å²) in [6, 6.07) is 7.79. The predicted molar refractivity (Wildman–Crippen MR) is 90.9 cm³/mol. The highest BCUT2D eigenvalue weighted by atomic mass is 32.1. The second-order valence-electron chi connectivity index (χ2n) is 5.58. The average Bonchev–Trinajstić information content (AvgIpc) is 2.93. The lowest BCUT2D eigenvalue weighted by molar-refractivity contribution is -0.126. The van der Waals surface area contributed by atoms with Crippen LogP contribution in [0.4, 0.5) is 0 Å². The number of nitrogens with zero attached hydrogens (tertiary/aromatic N) is 2. The first-order valence-corrected chi connectivity index (χ1v) is 8.33. The summed E-state index contributed by atoms with van der Waals surface area (Å²) in [5, 5.41) is 6.11. The molecule has 1 amide bonds. The van der Waals surface area contributed by atoms with Crippen molar-refractivity contribution in [3.63, 3.8) is 0 Å². The first-order valence-electron chi connectivity index (χ1n) is 7.45. The van der Waals surface area contributed by atoms with Gasteiger partial charge in [0.05, 0.1) is 17.2 Å². The van der Waals surface area contributed by atoms with Gasteiger partial charge in [0, 0.05) is 5.38 Å². The standard InChI is InChI=1S/C17H23N3OS/c1-5-15-19-14(11-22-15)10-18-17(21)16(20(3)4)13-8-6-7-12(2)9-13/h6-9,11,16H,5,10H2,1-4H3,(H,18,21). The molecule has 22 heavy (non-hydrogen) atoms. The van der Waals surface area contributed by atoms with Gasteiger partial charge < -0.3 is 5.32 Å². The lowest BCUT2D eigenvalue weighted by Gasteiger charge is -2.24. The summed E-state index contributed by atoms with van der Waals surface area (Å²) in [6.45, 7) is 4.60. The van der Waals surface area contributed by atoms with E-state index in [1.807, 2.05) is 49.5 Å². The molecular weight excluding hydrogens is 294 g/mol. The maximum atomic E-state index is 12.6. The summed E-state index contributed by atoms with van der Waals surface area (Å²) in [4.78, 5) is 19.0. The molecule has 0 aliphatic heterocycles. The van der Waals surface area contributed by atoms with Crippen LogP contribution in [-0.4, -0.2) is 29.9 Å². The molecule has 1 aromatic heterocycles. The van der Waals surface area contributed by atoms with Crippen molar-refractivity contribution >= 4 is 17.2 Å². The Hall–Kier alpha value is -1.72. The van der Waals surface area contributed by atoms with Gasteiger partial charge in [-0.05, 0) is 33.0 Å². The minimum atomic E-state index is -0.288. The van der Waals surface area contributed by atoms with Gasteiger partial charge in [0.15, 0.2) is 0 Å². The van der Waals surface area contributed by atoms with Crippen LogP contribution in [0.25, 0.3) is 0 Å². The van der Waals surface area contributed by atoms with Crippen LogP contribution in [0.2, 0.25) is 0 Å². The van der Waals surface area contributed by atoms with E-state index in [2.05, 4.69) is 23.3 Å². The van der Waals surface area contributed by atoms with E-state index in [0.29, 0.717) is 6.54 Å². The minimum Gasteiger partial charge on any atom is -0.349 e. The van der Waals surface area contributed by atoms with Crippen LogP contribution < -0.4 is 5.32 Å². The number of thiazole rings is 1. The third kappa shape index (κ3) is 4.15. The molecule has 0 bridgehead atoms. The molecule has 1 unspecified atom stereocenters. The summed E-state index contributed by atoms with van der Waals surface area (Å²) in [5.41, 5.74) is 3.09. The number of benzene rings is 1. The molecule has 5 heteroatoms. The van der Waals surface area contributed by atoms with Gasteiger partial charge in [-0.15, -0.1) is 11.3 Å². The third-order valence-corrected chi connectivity index (χ3v) is 4.51. The van der Waals surface area contributed by atoms with E-state index in [1.54, 1.807) is 11.3 Å². The van der Waals surface area contributed by atoms with E-state index in [9.17, 15) is 4.79 Å². The molecule has 0 fully saturated rings. The van der Waals surface area contributed by atoms with Crippen LogP contribution >= 0.6 is 11.3 Å². The summed E-state index contributed by atoms with van der Waals surface area (Å²) in [7, 11) is 3.84. The van der Waals surface area contributed by atoms with Crippen molar-refractivity contribution in [1.29, 1.82) is 0 Å². The molecule has 0 radical (unpaired) electrons. The van der Waals surface area contributed by atoms with Crippen LogP contribution in [0.3, 0.4) is 0 Å². The van der Waals surface area contributed by atoms with Gasteiger partial charge in [0.2, 0.25) is 5.91 Å². The van der Waals surface area contributed by atoms with Crippen LogP contribution in [0.1, 0.15) is 34.8 Å². The minimum absolute atomic E-state index is 0.00153. The SMILES string of the molecule is CCc1nc(CNC(=O)C(c2cccc(C)c2)N(C)C)cs1. The Morgan fingerprint density at radius 1 is 1.41 bits per heavy atom. The Labute approximate surface area is 136 Å². The molecule has 2 aromatic rings. The van der Waals surface area contributed by atoms with Crippen LogP contribution in [-0.2, 0) is 17.8 Å². The summed E-state index contributed by atoms with van der Waals surface area (Å²) < 4.78 is 0. The molecule has 1 aromatic carbocycles. The molecule has 4 nitrogen and oxygen atoms in total. The van der Waals surface area contributed by atoms with E-state index >= 15 is 0 Å². The lowest BCUT2D eigenvalue weighted by atomic mass is 10.0. The largest absolute Gasteiger partial charge is 0.349 e. The smallest absolute Gasteiger partial charge is 0.242 e. The van der Waals surface area contributed by atoms with Crippen molar-refractivity contribution in [2.45, 2.75) is 32.9 Å². The second-order valence-corrected chi connectivity index (χ2v) is 6.53. The van der Waals surface area contributed by atoms with E-state index in [4.69, 9.17) is 0 Å². The van der Waals surface area contributed by atoms with Gasteiger partial charge in [0.25, 0.3) is 0 Å². The summed E-state index contributed by atoms with van der Waals surface area (Å²) >= 11 is 1.64. The number of nitrogens with one attached hydrogen (secondary N) is 1. The maximum Gasteiger partial charge on any atom is 0.242 e. The molecule has 0 saturated heterocycles. The molecule has 0 aliphatic rings. The highest BCUT2D eigenvalue weighted by Crippen LogP contribution is 2.20. The van der Waals surface area contributed by atoms with Gasteiger partial charge >= 0.3 is 0 Å². The van der Waals surface area contributed by atoms with Gasteiger partial charge in [-0.25, -0.2) is 4.98 Å². The lowest BCUT2D eigenvalue weighted by Crippen LogP contribution is -2.36. The Balaban J connectivity index is 2.07. The normalized spacial score (nSPS) is 12.4. The predicted octanol–water partition coefficient (Wildman–Crippen LogP) is 2.93. The number of hydrogen-bond donors (Lipinski definition) is 1. The highest BCUT2D eigenvalue weighted by Gasteiger charge is 2.22. The van der Waals surface area contributed by atoms with Gasteiger partial charge in [-0.2, -0.15) is 0 Å². The Kier molecular flexibility index (Phi) is 5.69. The van der Waals surface area contributed by atoms with Crippen LogP contribution in [0, 0.1) is 6.92 Å². The first-order chi connectivity index (χ1) is 10.5. The number of rotatable bonds is 6. The molecule has 1 heterocycles. The van der Waals surface area contributed by atoms with Gasteiger partial charge in [-0.1, -0.05) is 36.8 Å². The molecule has 0 aliphatic carbocycles. The van der Waals surface area contributed by atoms with E-state index in [1.165, 1.54) is 0 Å². The maximum absolute atomic E-state index is 12.6. The molecule has 118 valence electrons. The summed E-state index contributed by atoms with van der Waals surface area (Å²) in [6.07, 6.45) is 0.933. The zero-order chi connectivity index (χ0) is 16.1. The average molecular weight is 317 g/mol. The zero-order valence-corrected chi connectivity index (χ0v) is 14.4. The van der Waals surface area contributed by atoms with Crippen LogP contribution in [0.5, 0.6) is 0 Å². The highest BCUT2D eigenvalue weighted by molar-refractivity contribution is 7.09. The fourth-order valence-corrected chi connectivity index (χ4v) is 3.14. The number of likely N-dealkylation sites (N-methyl/N-ethyl adjacent to an activating group) is 1. The number of carbonyl (C=O) groups excluding carboxylic acids is 1. The number of amides is 1. The molecular formula is C17H23N3OS. The number of hydrogen-bond acceptors (Lipinski definition) is 4. The van der Waals surface area contributed by atoms with E-state index < -0.39 is 0 Å². The second kappa shape index (κ2) is 7.51. The topological polar surface area (TPSA) is 45.2 Å². The van der Waals surface area contributed by atoms with Crippen molar-refractivity contribution in [2.24, 2.45) is 0 Å². The fourth-order valence-electron chi connectivity index (χ4n) is 2.39. The quantitative estimate of drug-likeness (QED) is 0.891. The van der Waals surface area contributed by atoms with Gasteiger partial charge in [0.1, 0.15) is 6.04 Å². The van der Waals surface area contributed by atoms with Gasteiger partial charge in [-0.3, -0.25) is 9.69 Å². The van der Waals surface area contributed by atoms with Crippen molar-refractivity contribution in [3.8, 4) is 0 Å². The third-order valence-electron chi connectivity index (χ3n) is 3.47. The molecule has 1 N–H and O–H groups in total. The first kappa shape index (κ1) is 16.6. The molecule has 1 atom stereocenters. The Morgan fingerprint density at radius 2 is 2.18 bits per heavy atom. The Bertz CT molecular complexity index is 636. The van der Waals surface area contributed by atoms with Crippen molar-refractivity contribution in [3.05, 3.63) is 51.5 Å². The number of aryl methyl sites for hydroxylation is 2. The fraction of sp³-hybridized carbons (Fsp3) is 0.412. The monoisotopic (exact) mass is 317 g/mol. The van der Waals surface area contributed by atoms with Crippen molar-refractivity contribution in [1.82, 2.24) is 15.2 Å². The zero-order valence-electron chi connectivity index (χ0n) is 13.6. The van der Waals surface area contributed by atoms with Crippen molar-refractivity contribution < 1.29 is 4.79 Å². The number of carbonyl (C=O) groups is 1. The Morgan fingerprint density at radius 3 is 2.77 bits per heavy atom.